The van der Waals surface area contributed by atoms with Gasteiger partial charge in [-0.2, -0.15) is 0 Å². The van der Waals surface area contributed by atoms with Crippen LogP contribution in [0.2, 0.25) is 0 Å². The second-order valence-electron chi connectivity index (χ2n) is 5.83. The molecular weight excluding hydrogens is 326 g/mol. The lowest BCUT2D eigenvalue weighted by Gasteiger charge is -2.11. The van der Waals surface area contributed by atoms with Crippen LogP contribution < -0.4 is 14.8 Å². The van der Waals surface area contributed by atoms with E-state index in [4.69, 9.17) is 9.47 Å². The van der Waals surface area contributed by atoms with Crippen molar-refractivity contribution in [3.63, 3.8) is 0 Å². The highest BCUT2D eigenvalue weighted by atomic mass is 16.5. The van der Waals surface area contributed by atoms with Crippen molar-refractivity contribution in [1.82, 2.24) is 9.97 Å². The molecule has 0 aliphatic carbocycles. The van der Waals surface area contributed by atoms with Crippen LogP contribution in [0.3, 0.4) is 0 Å². The number of hydrogen-bond acceptors (Lipinski definition) is 5. The summed E-state index contributed by atoms with van der Waals surface area (Å²) < 4.78 is 11.3. The van der Waals surface area contributed by atoms with Gasteiger partial charge in [0.15, 0.2) is 0 Å². The number of rotatable bonds is 6. The Balaban J connectivity index is 1.42. The van der Waals surface area contributed by atoms with Gasteiger partial charge in [0, 0.05) is 17.0 Å². The number of nitrogens with one attached hydrogen (secondary N) is 1. The van der Waals surface area contributed by atoms with Gasteiger partial charge in [-0.25, -0.2) is 4.98 Å². The van der Waals surface area contributed by atoms with Gasteiger partial charge >= 0.3 is 0 Å². The van der Waals surface area contributed by atoms with E-state index < -0.39 is 0 Å². The van der Waals surface area contributed by atoms with Crippen LogP contribution in [-0.2, 0) is 0 Å². The van der Waals surface area contributed by atoms with Crippen molar-refractivity contribution < 1.29 is 9.47 Å². The lowest BCUT2D eigenvalue weighted by molar-refractivity contribution is 0.336. The molecule has 2 aromatic heterocycles. The third-order valence-corrected chi connectivity index (χ3v) is 4.16. The summed E-state index contributed by atoms with van der Waals surface area (Å²) in [6, 6.07) is 19.8. The molecule has 0 saturated heterocycles. The fourth-order valence-electron chi connectivity index (χ4n) is 2.92. The molecule has 0 aliphatic rings. The number of fused-ring (bicyclic) bond motifs is 2. The molecule has 1 N–H and O–H groups in total. The highest BCUT2D eigenvalue weighted by Gasteiger charge is 2.05. The monoisotopic (exact) mass is 345 g/mol. The van der Waals surface area contributed by atoms with Crippen molar-refractivity contribution >= 4 is 27.6 Å². The third-order valence-electron chi connectivity index (χ3n) is 4.16. The normalized spacial score (nSPS) is 10.8. The van der Waals surface area contributed by atoms with Crippen LogP contribution in [0.25, 0.3) is 21.8 Å². The summed E-state index contributed by atoms with van der Waals surface area (Å²) in [5.74, 6) is 2.35. The van der Waals surface area contributed by atoms with E-state index >= 15 is 0 Å². The number of methoxy groups -OCH3 is 1. The molecule has 0 amide bonds. The first kappa shape index (κ1) is 16.1. The zero-order valence-corrected chi connectivity index (χ0v) is 14.5. The second-order valence-corrected chi connectivity index (χ2v) is 5.83. The first-order valence-corrected chi connectivity index (χ1v) is 8.49. The molecule has 4 aromatic rings. The van der Waals surface area contributed by atoms with Crippen molar-refractivity contribution in [2.75, 3.05) is 25.6 Å². The maximum atomic E-state index is 5.90. The molecule has 0 bridgehead atoms. The summed E-state index contributed by atoms with van der Waals surface area (Å²) in [4.78, 5) is 9.04. The standard InChI is InChI=1S/C21H19N3O2/c1-25-17-8-2-6-16-10-11-19(24-21(16)17)22-13-14-26-18-9-3-5-15-7-4-12-23-20(15)18/h2-12H,13-14H2,1H3,(H,22,24). The Labute approximate surface area is 151 Å². The molecule has 0 atom stereocenters. The van der Waals surface area contributed by atoms with Crippen LogP contribution in [0, 0.1) is 0 Å². The molecular formula is C21H19N3O2. The Morgan fingerprint density at radius 3 is 2.46 bits per heavy atom. The minimum absolute atomic E-state index is 0.515. The third kappa shape index (κ3) is 3.24. The van der Waals surface area contributed by atoms with Crippen molar-refractivity contribution in [2.45, 2.75) is 0 Å². The number of ether oxygens (including phenoxy) is 2. The molecule has 2 heterocycles. The van der Waals surface area contributed by atoms with E-state index in [2.05, 4.69) is 15.3 Å². The molecule has 130 valence electrons. The maximum absolute atomic E-state index is 5.90. The Hall–Kier alpha value is -3.34. The minimum atomic E-state index is 0.515. The van der Waals surface area contributed by atoms with Crippen LogP contribution in [0.15, 0.2) is 66.9 Å². The summed E-state index contributed by atoms with van der Waals surface area (Å²) in [6.45, 7) is 1.15. The molecule has 0 aliphatic heterocycles. The summed E-state index contributed by atoms with van der Waals surface area (Å²) in [5, 5.41) is 5.41. The zero-order chi connectivity index (χ0) is 17.8. The first-order valence-electron chi connectivity index (χ1n) is 8.49. The SMILES string of the molecule is COc1cccc2ccc(NCCOc3cccc4cccnc34)nc12. The van der Waals surface area contributed by atoms with Gasteiger partial charge in [0.1, 0.15) is 35.0 Å². The smallest absolute Gasteiger partial charge is 0.145 e. The summed E-state index contributed by atoms with van der Waals surface area (Å²) in [6.07, 6.45) is 1.78. The Morgan fingerprint density at radius 2 is 1.62 bits per heavy atom. The molecule has 26 heavy (non-hydrogen) atoms. The number of pyridine rings is 2. The van der Waals surface area contributed by atoms with Gasteiger partial charge in [0.25, 0.3) is 0 Å². The molecule has 0 spiro atoms. The van der Waals surface area contributed by atoms with Crippen LogP contribution in [0.1, 0.15) is 0 Å². The number of aromatic nitrogens is 2. The van der Waals surface area contributed by atoms with Gasteiger partial charge in [0.05, 0.1) is 13.7 Å². The molecule has 2 aromatic carbocycles. The van der Waals surface area contributed by atoms with Crippen LogP contribution in [-0.4, -0.2) is 30.2 Å². The number of nitrogens with zero attached hydrogens (tertiary/aromatic N) is 2. The summed E-state index contributed by atoms with van der Waals surface area (Å²) in [7, 11) is 1.66. The predicted molar refractivity (Wildman–Crippen MR) is 104 cm³/mol. The van der Waals surface area contributed by atoms with Crippen molar-refractivity contribution in [3.05, 3.63) is 66.9 Å². The first-order chi connectivity index (χ1) is 12.8. The van der Waals surface area contributed by atoms with E-state index in [1.165, 1.54) is 0 Å². The number of benzene rings is 2. The number of anilines is 1. The Morgan fingerprint density at radius 1 is 0.846 bits per heavy atom. The molecule has 4 rings (SSSR count). The van der Waals surface area contributed by atoms with E-state index in [0.717, 1.165) is 39.1 Å². The van der Waals surface area contributed by atoms with E-state index in [1.54, 1.807) is 13.3 Å². The van der Waals surface area contributed by atoms with Gasteiger partial charge in [-0.3, -0.25) is 4.98 Å². The average Bonchev–Trinajstić information content (AvgIpc) is 2.70. The van der Waals surface area contributed by atoms with Crippen LogP contribution in [0.4, 0.5) is 5.82 Å². The second kappa shape index (κ2) is 7.27. The summed E-state index contributed by atoms with van der Waals surface area (Å²) >= 11 is 0. The fourth-order valence-corrected chi connectivity index (χ4v) is 2.92. The molecule has 5 nitrogen and oxygen atoms in total. The van der Waals surface area contributed by atoms with Crippen LogP contribution >= 0.6 is 0 Å². The molecule has 0 fully saturated rings. The van der Waals surface area contributed by atoms with E-state index in [1.807, 2.05) is 60.7 Å². The molecule has 0 saturated carbocycles. The van der Waals surface area contributed by atoms with Crippen LogP contribution in [0.5, 0.6) is 11.5 Å². The maximum Gasteiger partial charge on any atom is 0.145 e. The molecule has 0 unspecified atom stereocenters. The highest BCUT2D eigenvalue weighted by Crippen LogP contribution is 2.25. The van der Waals surface area contributed by atoms with Gasteiger partial charge in [0.2, 0.25) is 0 Å². The number of para-hydroxylation sites is 2. The molecule has 0 radical (unpaired) electrons. The fraction of sp³-hybridized carbons (Fsp3) is 0.143. The van der Waals surface area contributed by atoms with Gasteiger partial charge < -0.3 is 14.8 Å². The van der Waals surface area contributed by atoms with Gasteiger partial charge in [-0.05, 0) is 30.3 Å². The Bertz CT molecular complexity index is 1040. The minimum Gasteiger partial charge on any atom is -0.494 e. The van der Waals surface area contributed by atoms with Crippen molar-refractivity contribution in [1.29, 1.82) is 0 Å². The topological polar surface area (TPSA) is 56.3 Å². The van der Waals surface area contributed by atoms with Gasteiger partial charge in [-0.1, -0.05) is 30.3 Å². The largest absolute Gasteiger partial charge is 0.494 e. The average molecular weight is 345 g/mol. The lowest BCUT2D eigenvalue weighted by atomic mass is 10.2. The predicted octanol–water partition coefficient (Wildman–Crippen LogP) is 4.28. The van der Waals surface area contributed by atoms with Crippen molar-refractivity contribution in [3.8, 4) is 11.5 Å². The zero-order valence-electron chi connectivity index (χ0n) is 14.5. The van der Waals surface area contributed by atoms with Gasteiger partial charge in [-0.15, -0.1) is 0 Å². The number of hydrogen-bond donors (Lipinski definition) is 1. The molecule has 5 heteroatoms. The van der Waals surface area contributed by atoms with E-state index in [0.29, 0.717) is 13.2 Å². The highest BCUT2D eigenvalue weighted by molar-refractivity contribution is 5.86. The lowest BCUT2D eigenvalue weighted by Crippen LogP contribution is -2.12. The van der Waals surface area contributed by atoms with Crippen molar-refractivity contribution in [2.24, 2.45) is 0 Å². The summed E-state index contributed by atoms with van der Waals surface area (Å²) in [5.41, 5.74) is 1.72. The van der Waals surface area contributed by atoms with E-state index in [9.17, 15) is 0 Å². The van der Waals surface area contributed by atoms with E-state index in [-0.39, 0.29) is 0 Å². The Kier molecular flexibility index (Phi) is 4.51. The quantitative estimate of drug-likeness (QED) is 0.529.